The van der Waals surface area contributed by atoms with Gasteiger partial charge in [-0.1, -0.05) is 37.6 Å². The van der Waals surface area contributed by atoms with Gasteiger partial charge in [-0.2, -0.15) is 0 Å². The van der Waals surface area contributed by atoms with Gasteiger partial charge < -0.3 is 4.74 Å². The van der Waals surface area contributed by atoms with Crippen LogP contribution in [0.25, 0.3) is 0 Å². The molecule has 0 spiro atoms. The van der Waals surface area contributed by atoms with Crippen LogP contribution in [-0.2, 0) is 4.74 Å². The van der Waals surface area contributed by atoms with E-state index in [-0.39, 0.29) is 17.3 Å². The van der Waals surface area contributed by atoms with Crippen molar-refractivity contribution in [2.24, 2.45) is 0 Å². The summed E-state index contributed by atoms with van der Waals surface area (Å²) in [7, 11) is 1.43. The first-order valence-electron chi connectivity index (χ1n) is 5.66. The number of benzene rings is 1. The fourth-order valence-electron chi connectivity index (χ4n) is 2.10. The minimum absolute atomic E-state index is 0.0844. The maximum Gasteiger partial charge on any atom is 0.228 e. The van der Waals surface area contributed by atoms with Gasteiger partial charge in [-0.25, -0.2) is 0 Å². The van der Waals surface area contributed by atoms with E-state index in [0.29, 0.717) is 23.1 Å². The van der Waals surface area contributed by atoms with Crippen molar-refractivity contribution in [3.05, 3.63) is 46.7 Å². The number of carbonyl (C=O) groups is 2. The average molecular weight is 230 g/mol. The van der Waals surface area contributed by atoms with E-state index in [1.807, 2.05) is 6.92 Å². The van der Waals surface area contributed by atoms with Crippen LogP contribution >= 0.6 is 0 Å². The quantitative estimate of drug-likeness (QED) is 0.801. The minimum Gasteiger partial charge on any atom is -0.492 e. The van der Waals surface area contributed by atoms with E-state index in [9.17, 15) is 9.59 Å². The smallest absolute Gasteiger partial charge is 0.228 e. The molecule has 0 unspecified atom stereocenters. The highest BCUT2D eigenvalue weighted by Gasteiger charge is 2.31. The lowest BCUT2D eigenvalue weighted by Crippen LogP contribution is -2.23. The van der Waals surface area contributed by atoms with E-state index >= 15 is 0 Å². The Morgan fingerprint density at radius 3 is 2.18 bits per heavy atom. The number of carbonyl (C=O) groups excluding carboxylic acids is 2. The van der Waals surface area contributed by atoms with Crippen LogP contribution in [0.2, 0.25) is 0 Å². The van der Waals surface area contributed by atoms with Gasteiger partial charge in [-0.05, 0) is 6.42 Å². The van der Waals surface area contributed by atoms with Crippen molar-refractivity contribution in [2.75, 3.05) is 7.11 Å². The van der Waals surface area contributed by atoms with Gasteiger partial charge in [0.2, 0.25) is 5.78 Å². The first-order chi connectivity index (χ1) is 8.20. The summed E-state index contributed by atoms with van der Waals surface area (Å²) in [6.45, 7) is 1.97. The van der Waals surface area contributed by atoms with Gasteiger partial charge in [-0.15, -0.1) is 0 Å². The van der Waals surface area contributed by atoms with Crippen LogP contribution in [0.5, 0.6) is 0 Å². The molecule has 0 amide bonds. The normalized spacial score (nSPS) is 14.9. The lowest BCUT2D eigenvalue weighted by Gasteiger charge is -2.19. The van der Waals surface area contributed by atoms with Gasteiger partial charge in [0.15, 0.2) is 11.5 Å². The van der Waals surface area contributed by atoms with Crippen LogP contribution in [-0.4, -0.2) is 18.7 Å². The van der Waals surface area contributed by atoms with Crippen LogP contribution in [0.1, 0.15) is 40.5 Å². The number of hydrogen-bond donors (Lipinski definition) is 0. The molecule has 17 heavy (non-hydrogen) atoms. The second kappa shape index (κ2) is 4.53. The molecule has 0 saturated carbocycles. The Bertz CT molecular complexity index is 512. The van der Waals surface area contributed by atoms with Gasteiger partial charge in [0.05, 0.1) is 7.11 Å². The molecule has 1 aromatic rings. The monoisotopic (exact) mass is 230 g/mol. The Hall–Kier alpha value is -1.90. The zero-order valence-electron chi connectivity index (χ0n) is 9.95. The molecular weight excluding hydrogens is 216 g/mol. The molecule has 1 aliphatic rings. The van der Waals surface area contributed by atoms with Crippen molar-refractivity contribution in [3.8, 4) is 0 Å². The Morgan fingerprint density at radius 2 is 1.65 bits per heavy atom. The topological polar surface area (TPSA) is 43.4 Å². The lowest BCUT2D eigenvalue weighted by molar-refractivity contribution is 0.0902. The third kappa shape index (κ3) is 1.78. The number of allylic oxidation sites excluding steroid dienone is 2. The van der Waals surface area contributed by atoms with E-state index in [2.05, 4.69) is 0 Å². The van der Waals surface area contributed by atoms with Crippen molar-refractivity contribution in [3.63, 3.8) is 0 Å². The number of fused-ring (bicyclic) bond motifs is 1. The second-order valence-corrected chi connectivity index (χ2v) is 3.97. The third-order valence-corrected chi connectivity index (χ3v) is 2.87. The zero-order chi connectivity index (χ0) is 12.4. The first kappa shape index (κ1) is 11.6. The summed E-state index contributed by atoms with van der Waals surface area (Å²) >= 11 is 0. The largest absolute Gasteiger partial charge is 0.492 e. The highest BCUT2D eigenvalue weighted by molar-refractivity contribution is 6.26. The number of ether oxygens (including phenoxy) is 1. The number of Topliss-reactive ketones (excluding diaryl/α,β-unsaturated/α-hetero) is 2. The SMILES string of the molecule is CCCC1=C(OC)C(=O)c2ccccc2C1=O. The minimum atomic E-state index is -0.189. The van der Waals surface area contributed by atoms with Crippen LogP contribution < -0.4 is 0 Å². The maximum atomic E-state index is 12.2. The summed E-state index contributed by atoms with van der Waals surface area (Å²) in [4.78, 5) is 24.4. The third-order valence-electron chi connectivity index (χ3n) is 2.87. The fourth-order valence-corrected chi connectivity index (χ4v) is 2.10. The molecule has 1 aliphatic carbocycles. The Labute approximate surface area is 100 Å². The average Bonchev–Trinajstić information content (AvgIpc) is 2.36. The predicted octanol–water partition coefficient (Wildman–Crippen LogP) is 2.77. The Balaban J connectivity index is 2.60. The Morgan fingerprint density at radius 1 is 1.06 bits per heavy atom. The van der Waals surface area contributed by atoms with Crippen LogP contribution in [0.15, 0.2) is 35.6 Å². The summed E-state index contributed by atoms with van der Waals surface area (Å²) in [6, 6.07) is 6.88. The number of rotatable bonds is 3. The molecule has 0 atom stereocenters. The lowest BCUT2D eigenvalue weighted by atomic mass is 9.86. The molecule has 1 aromatic carbocycles. The molecule has 0 radical (unpaired) electrons. The molecule has 3 heteroatoms. The molecule has 0 fully saturated rings. The van der Waals surface area contributed by atoms with Crippen LogP contribution in [0.3, 0.4) is 0 Å². The maximum absolute atomic E-state index is 12.2. The Kier molecular flexibility index (Phi) is 3.09. The van der Waals surface area contributed by atoms with Crippen molar-refractivity contribution in [1.82, 2.24) is 0 Å². The predicted molar refractivity (Wildman–Crippen MR) is 64.0 cm³/mol. The molecule has 0 saturated heterocycles. The molecule has 0 bridgehead atoms. The van der Waals surface area contributed by atoms with Gasteiger partial charge in [0, 0.05) is 16.7 Å². The summed E-state index contributed by atoms with van der Waals surface area (Å²) in [5.41, 5.74) is 1.43. The standard InChI is InChI=1S/C14H14O3/c1-3-6-11-12(15)9-7-4-5-8-10(9)13(16)14(11)17-2/h4-5,7-8H,3,6H2,1-2H3. The summed E-state index contributed by atoms with van der Waals surface area (Å²) in [5, 5.41) is 0. The molecule has 0 aliphatic heterocycles. The van der Waals surface area contributed by atoms with Gasteiger partial charge >= 0.3 is 0 Å². The highest BCUT2D eigenvalue weighted by atomic mass is 16.5. The highest BCUT2D eigenvalue weighted by Crippen LogP contribution is 2.28. The molecule has 88 valence electrons. The number of methoxy groups -OCH3 is 1. The second-order valence-electron chi connectivity index (χ2n) is 3.97. The molecule has 3 nitrogen and oxygen atoms in total. The zero-order valence-corrected chi connectivity index (χ0v) is 9.95. The van der Waals surface area contributed by atoms with Crippen LogP contribution in [0.4, 0.5) is 0 Å². The molecule has 0 aromatic heterocycles. The van der Waals surface area contributed by atoms with E-state index in [1.54, 1.807) is 24.3 Å². The number of ketones is 2. The first-order valence-corrected chi connectivity index (χ1v) is 5.66. The van der Waals surface area contributed by atoms with Crippen LogP contribution in [0, 0.1) is 0 Å². The van der Waals surface area contributed by atoms with Crippen molar-refractivity contribution in [1.29, 1.82) is 0 Å². The molecule has 0 N–H and O–H groups in total. The van der Waals surface area contributed by atoms with Crippen molar-refractivity contribution in [2.45, 2.75) is 19.8 Å². The summed E-state index contributed by atoms with van der Waals surface area (Å²) in [6.07, 6.45) is 1.38. The summed E-state index contributed by atoms with van der Waals surface area (Å²) < 4.78 is 5.11. The molecular formula is C14H14O3. The number of hydrogen-bond acceptors (Lipinski definition) is 3. The summed E-state index contributed by atoms with van der Waals surface area (Å²) in [5.74, 6) is -0.0689. The van der Waals surface area contributed by atoms with E-state index < -0.39 is 0 Å². The van der Waals surface area contributed by atoms with Gasteiger partial charge in [0.25, 0.3) is 0 Å². The molecule has 2 rings (SSSR count). The van der Waals surface area contributed by atoms with Gasteiger partial charge in [-0.3, -0.25) is 9.59 Å². The van der Waals surface area contributed by atoms with E-state index in [4.69, 9.17) is 4.74 Å². The fraction of sp³-hybridized carbons (Fsp3) is 0.286. The molecule has 0 heterocycles. The van der Waals surface area contributed by atoms with Gasteiger partial charge in [0.1, 0.15) is 0 Å². The van der Waals surface area contributed by atoms with E-state index in [1.165, 1.54) is 7.11 Å². The van der Waals surface area contributed by atoms with Crippen molar-refractivity contribution >= 4 is 11.6 Å². The van der Waals surface area contributed by atoms with E-state index in [0.717, 1.165) is 6.42 Å². The van der Waals surface area contributed by atoms with Crippen molar-refractivity contribution < 1.29 is 14.3 Å².